The summed E-state index contributed by atoms with van der Waals surface area (Å²) in [6.45, 7) is 2.22. The fourth-order valence-electron chi connectivity index (χ4n) is 4.63. The van der Waals surface area contributed by atoms with Crippen LogP contribution in [0, 0.1) is 5.92 Å². The topological polar surface area (TPSA) is 72.4 Å². The van der Waals surface area contributed by atoms with Gasteiger partial charge in [-0.15, -0.1) is 0 Å². The summed E-state index contributed by atoms with van der Waals surface area (Å²) in [6.07, 6.45) is 2.61. The van der Waals surface area contributed by atoms with E-state index in [4.69, 9.17) is 4.74 Å². The van der Waals surface area contributed by atoms with Crippen LogP contribution in [0.1, 0.15) is 36.1 Å². The summed E-state index contributed by atoms with van der Waals surface area (Å²) >= 11 is 0. The number of amides is 1. The lowest BCUT2D eigenvalue weighted by molar-refractivity contribution is -0.127. The first kappa shape index (κ1) is 18.7. The quantitative estimate of drug-likeness (QED) is 0.749. The van der Waals surface area contributed by atoms with Gasteiger partial charge in [-0.3, -0.25) is 14.2 Å². The van der Waals surface area contributed by atoms with Crippen LogP contribution in [-0.4, -0.2) is 37.2 Å². The molecule has 28 heavy (non-hydrogen) atoms. The van der Waals surface area contributed by atoms with Crippen molar-refractivity contribution in [3.63, 3.8) is 0 Å². The standard InChI is InChI=1S/C22H27N3O3/c1-28-19-9-3-2-6-15(19)7-5-11-24-22(27)21-17-12-16(13-23-14-17)18-8-4-10-20(26)25(18)21/h2-4,6,8-10,16-17,21,23H,5,7,11-14H2,1H3,(H,24,27)/t16-,17+,21-/m1/s1. The van der Waals surface area contributed by atoms with E-state index in [0.29, 0.717) is 12.5 Å². The molecule has 6 heteroatoms. The zero-order chi connectivity index (χ0) is 19.5. The number of ether oxygens (including phenoxy) is 1. The molecule has 2 bridgehead atoms. The van der Waals surface area contributed by atoms with Crippen molar-refractivity contribution in [3.8, 4) is 5.75 Å². The molecule has 1 aromatic carbocycles. The second-order valence-electron chi connectivity index (χ2n) is 7.66. The largest absolute Gasteiger partial charge is 0.496 e. The Hall–Kier alpha value is -2.60. The zero-order valence-corrected chi connectivity index (χ0v) is 16.2. The minimum absolute atomic E-state index is 0.0540. The molecule has 1 fully saturated rings. The van der Waals surface area contributed by atoms with Crippen molar-refractivity contribution >= 4 is 5.91 Å². The number of aryl methyl sites for hydroxylation is 1. The summed E-state index contributed by atoms with van der Waals surface area (Å²) in [5.41, 5.74) is 2.03. The molecule has 2 aliphatic heterocycles. The van der Waals surface area contributed by atoms with Gasteiger partial charge in [0.2, 0.25) is 5.91 Å². The maximum absolute atomic E-state index is 13.0. The van der Waals surface area contributed by atoms with Gasteiger partial charge in [-0.2, -0.15) is 0 Å². The Balaban J connectivity index is 1.43. The highest BCUT2D eigenvalue weighted by Gasteiger charge is 2.41. The zero-order valence-electron chi connectivity index (χ0n) is 16.2. The monoisotopic (exact) mass is 381 g/mol. The Morgan fingerprint density at radius 2 is 2.07 bits per heavy atom. The van der Waals surface area contributed by atoms with Gasteiger partial charge in [-0.05, 0) is 37.0 Å². The number of hydrogen-bond donors (Lipinski definition) is 2. The molecule has 2 aliphatic rings. The number of carbonyl (C=O) groups excluding carboxylic acids is 1. The van der Waals surface area contributed by atoms with Crippen molar-refractivity contribution in [3.05, 3.63) is 64.1 Å². The van der Waals surface area contributed by atoms with E-state index < -0.39 is 6.04 Å². The van der Waals surface area contributed by atoms with Gasteiger partial charge in [-0.25, -0.2) is 0 Å². The highest BCUT2D eigenvalue weighted by Crippen LogP contribution is 2.38. The number of fused-ring (bicyclic) bond motifs is 4. The summed E-state index contributed by atoms with van der Waals surface area (Å²) in [5, 5.41) is 6.49. The second kappa shape index (κ2) is 8.19. The van der Waals surface area contributed by atoms with Crippen LogP contribution in [0.25, 0.3) is 0 Å². The number of hydrogen-bond acceptors (Lipinski definition) is 4. The van der Waals surface area contributed by atoms with Crippen LogP contribution in [0.3, 0.4) is 0 Å². The third-order valence-corrected chi connectivity index (χ3v) is 5.93. The second-order valence-corrected chi connectivity index (χ2v) is 7.66. The molecule has 0 unspecified atom stereocenters. The SMILES string of the molecule is COc1ccccc1CCCNC(=O)[C@H]1[C@@H]2CNC[C@@H](C2)c2cccc(=O)n21. The van der Waals surface area contributed by atoms with Crippen molar-refractivity contribution in [2.24, 2.45) is 5.92 Å². The minimum Gasteiger partial charge on any atom is -0.496 e. The van der Waals surface area contributed by atoms with Crippen LogP contribution < -0.4 is 20.9 Å². The number of nitrogens with zero attached hydrogens (tertiary/aromatic N) is 1. The fraction of sp³-hybridized carbons (Fsp3) is 0.455. The minimum atomic E-state index is -0.431. The van der Waals surface area contributed by atoms with Gasteiger partial charge in [-0.1, -0.05) is 24.3 Å². The number of methoxy groups -OCH3 is 1. The van der Waals surface area contributed by atoms with Crippen LogP contribution in [0.15, 0.2) is 47.3 Å². The first-order chi connectivity index (χ1) is 13.7. The summed E-state index contributed by atoms with van der Waals surface area (Å²) in [5.74, 6) is 1.28. The number of carbonyl (C=O) groups is 1. The molecule has 2 aromatic rings. The van der Waals surface area contributed by atoms with Crippen LogP contribution in [0.2, 0.25) is 0 Å². The lowest BCUT2D eigenvalue weighted by atomic mass is 9.79. The van der Waals surface area contributed by atoms with Gasteiger partial charge in [0.15, 0.2) is 0 Å². The van der Waals surface area contributed by atoms with E-state index in [1.807, 2.05) is 30.3 Å². The van der Waals surface area contributed by atoms with E-state index >= 15 is 0 Å². The Labute approximate surface area is 164 Å². The van der Waals surface area contributed by atoms with E-state index in [0.717, 1.165) is 49.4 Å². The van der Waals surface area contributed by atoms with E-state index in [2.05, 4.69) is 10.6 Å². The fourth-order valence-corrected chi connectivity index (χ4v) is 4.63. The molecule has 0 saturated carbocycles. The van der Waals surface area contributed by atoms with Gasteiger partial charge in [0.1, 0.15) is 11.8 Å². The first-order valence-electron chi connectivity index (χ1n) is 10.0. The predicted molar refractivity (Wildman–Crippen MR) is 108 cm³/mol. The van der Waals surface area contributed by atoms with Crippen LogP contribution in [-0.2, 0) is 11.2 Å². The Morgan fingerprint density at radius 1 is 1.21 bits per heavy atom. The van der Waals surface area contributed by atoms with E-state index in [9.17, 15) is 9.59 Å². The molecule has 3 heterocycles. The summed E-state index contributed by atoms with van der Waals surface area (Å²) in [7, 11) is 1.67. The Bertz CT molecular complexity index is 908. The molecule has 4 rings (SSSR count). The van der Waals surface area contributed by atoms with Gasteiger partial charge >= 0.3 is 0 Å². The molecule has 2 N–H and O–H groups in total. The van der Waals surface area contributed by atoms with Crippen molar-refractivity contribution in [2.75, 3.05) is 26.7 Å². The van der Waals surface area contributed by atoms with E-state index in [1.54, 1.807) is 23.8 Å². The highest BCUT2D eigenvalue weighted by atomic mass is 16.5. The molecule has 0 radical (unpaired) electrons. The predicted octanol–water partition coefficient (Wildman–Crippen LogP) is 1.85. The number of nitrogens with one attached hydrogen (secondary N) is 2. The molecular formula is C22H27N3O3. The van der Waals surface area contributed by atoms with Crippen LogP contribution in [0.4, 0.5) is 0 Å². The molecule has 6 nitrogen and oxygen atoms in total. The number of benzene rings is 1. The lowest BCUT2D eigenvalue weighted by Gasteiger charge is -2.42. The number of aromatic nitrogens is 1. The number of rotatable bonds is 6. The molecule has 148 valence electrons. The maximum Gasteiger partial charge on any atom is 0.251 e. The molecule has 1 aromatic heterocycles. The Kier molecular flexibility index (Phi) is 5.48. The van der Waals surface area contributed by atoms with Gasteiger partial charge in [0.25, 0.3) is 5.56 Å². The third kappa shape index (κ3) is 3.56. The van der Waals surface area contributed by atoms with Gasteiger partial charge < -0.3 is 15.4 Å². The number of pyridine rings is 1. The van der Waals surface area contributed by atoms with Crippen molar-refractivity contribution in [1.82, 2.24) is 15.2 Å². The third-order valence-electron chi connectivity index (χ3n) is 5.93. The first-order valence-corrected chi connectivity index (χ1v) is 10.0. The molecule has 0 spiro atoms. The average Bonchev–Trinajstić information content (AvgIpc) is 2.72. The summed E-state index contributed by atoms with van der Waals surface area (Å²) in [6, 6.07) is 12.8. The van der Waals surface area contributed by atoms with Crippen molar-refractivity contribution in [1.29, 1.82) is 0 Å². The van der Waals surface area contributed by atoms with Crippen LogP contribution in [0.5, 0.6) is 5.75 Å². The number of piperidine rings is 1. The summed E-state index contributed by atoms with van der Waals surface area (Å²) in [4.78, 5) is 25.6. The molecule has 3 atom stereocenters. The van der Waals surface area contributed by atoms with Crippen molar-refractivity contribution < 1.29 is 9.53 Å². The number of para-hydroxylation sites is 1. The molecule has 0 aliphatic carbocycles. The molecule has 1 saturated heterocycles. The van der Waals surface area contributed by atoms with Crippen molar-refractivity contribution in [2.45, 2.75) is 31.2 Å². The van der Waals surface area contributed by atoms with Gasteiger partial charge in [0, 0.05) is 43.2 Å². The average molecular weight is 381 g/mol. The molecule has 1 amide bonds. The normalized spacial score (nSPS) is 23.0. The lowest BCUT2D eigenvalue weighted by Crippen LogP contribution is -2.52. The van der Waals surface area contributed by atoms with E-state index in [-0.39, 0.29) is 17.4 Å². The smallest absolute Gasteiger partial charge is 0.251 e. The molecular weight excluding hydrogens is 354 g/mol. The summed E-state index contributed by atoms with van der Waals surface area (Å²) < 4.78 is 7.11. The highest BCUT2D eigenvalue weighted by molar-refractivity contribution is 5.81. The Morgan fingerprint density at radius 3 is 2.93 bits per heavy atom. The van der Waals surface area contributed by atoms with Crippen LogP contribution >= 0.6 is 0 Å². The maximum atomic E-state index is 13.0. The van der Waals surface area contributed by atoms with E-state index in [1.165, 1.54) is 0 Å². The van der Waals surface area contributed by atoms with Gasteiger partial charge in [0.05, 0.1) is 7.11 Å².